The van der Waals surface area contributed by atoms with E-state index in [-0.39, 0.29) is 52.0 Å². The standard InChI is InChI=1S/C26H36N4O2.C25H36N6O.C24H34N6OS/c1-5-6-9-19(14-20-16-27-22-11-8-7-10-21(20)22)15-23(31)24-17-28-25(32-24)30-13-12-29(4)26(2,3)18-30;1-5-6-9-18(14-19-16-26-21-11-8-7-10-20(19)21)15-22(32)23-27-24(29-28-23)31-13-12-30(4)25(2,3)17-31;1-5-6-9-18(14-17-15-25-20-11-8-7-10-19(17)20)26-21(31)22-27-28-23(32-22)30-13-12-29(4)24(2,3)16-30/h7-8,10-11,16-17,19,27H,5-6,9,12-15,18H2,1-4H3;7-8,10-11,16,18,26H,5-6,9,12-15,17H2,1-4H3,(H,27,28,29);7-8,10-11,15,18,25H,5-6,9,12-14,16H2,1-4H3,(H,26,31). The van der Waals surface area contributed by atoms with Crippen molar-refractivity contribution in [3.63, 3.8) is 0 Å². The first-order valence-electron chi connectivity index (χ1n) is 35.2. The molecule has 0 saturated carbocycles. The largest absolute Gasteiger partial charge is 0.420 e. The number of para-hydroxylation sites is 3. The van der Waals surface area contributed by atoms with Crippen LogP contribution in [0.3, 0.4) is 0 Å². The third-order valence-corrected chi connectivity index (χ3v) is 21.5. The molecule has 1 amide bonds. The van der Waals surface area contributed by atoms with Crippen LogP contribution in [0.2, 0.25) is 0 Å². The van der Waals surface area contributed by atoms with Crippen LogP contribution in [-0.2, 0) is 19.3 Å². The lowest BCUT2D eigenvalue weighted by atomic mass is 9.89. The van der Waals surface area contributed by atoms with Gasteiger partial charge in [-0.15, -0.1) is 15.3 Å². The highest BCUT2D eigenvalue weighted by Gasteiger charge is 2.36. The number of anilines is 3. The number of unbranched alkanes of at least 4 members (excludes halogenated alkanes) is 3. The van der Waals surface area contributed by atoms with Gasteiger partial charge in [0.05, 0.1) is 6.20 Å². The topological polar surface area (TPSA) is 223 Å². The number of benzene rings is 3. The van der Waals surface area contributed by atoms with E-state index in [1.807, 2.05) is 18.2 Å². The summed E-state index contributed by atoms with van der Waals surface area (Å²) in [6.45, 7) is 28.0. The lowest BCUT2D eigenvalue weighted by Crippen LogP contribution is -2.58. The van der Waals surface area contributed by atoms with E-state index in [0.29, 0.717) is 41.4 Å². The summed E-state index contributed by atoms with van der Waals surface area (Å²) in [5.74, 6) is 1.97. The van der Waals surface area contributed by atoms with Crippen LogP contribution in [0.1, 0.15) is 181 Å². The van der Waals surface area contributed by atoms with E-state index < -0.39 is 0 Å². The Morgan fingerprint density at radius 3 is 1.55 bits per heavy atom. The molecule has 3 aliphatic heterocycles. The van der Waals surface area contributed by atoms with Crippen LogP contribution in [0.4, 0.5) is 17.1 Å². The molecular formula is C75H106N16O4S. The van der Waals surface area contributed by atoms with E-state index >= 15 is 0 Å². The van der Waals surface area contributed by atoms with Crippen molar-refractivity contribution in [1.82, 2.24) is 65.3 Å². The predicted molar refractivity (Wildman–Crippen MR) is 390 cm³/mol. The Bertz CT molecular complexity index is 3560. The van der Waals surface area contributed by atoms with Gasteiger partial charge < -0.3 is 39.4 Å². The zero-order valence-electron chi connectivity index (χ0n) is 59.2. The molecule has 3 aromatic carbocycles. The Morgan fingerprint density at radius 1 is 0.573 bits per heavy atom. The van der Waals surface area contributed by atoms with Crippen molar-refractivity contribution >= 4 is 78.6 Å². The first kappa shape index (κ1) is 71.1. The summed E-state index contributed by atoms with van der Waals surface area (Å²) in [5, 5.41) is 24.1. The second-order valence-corrected chi connectivity index (χ2v) is 30.1. The number of hydrogen-bond donors (Lipinski definition) is 5. The zero-order valence-corrected chi connectivity index (χ0v) is 60.0. The summed E-state index contributed by atoms with van der Waals surface area (Å²) in [6.07, 6.45) is 21.1. The number of amides is 1. The Labute approximate surface area is 572 Å². The fourth-order valence-corrected chi connectivity index (χ4v) is 14.5. The molecule has 0 bridgehead atoms. The molecule has 96 heavy (non-hydrogen) atoms. The van der Waals surface area contributed by atoms with Crippen LogP contribution >= 0.6 is 11.3 Å². The van der Waals surface area contributed by atoms with Crippen molar-refractivity contribution in [2.24, 2.45) is 11.8 Å². The van der Waals surface area contributed by atoms with Crippen LogP contribution in [-0.4, -0.2) is 180 Å². The number of carbonyl (C=O) groups is 3. The number of aromatic nitrogens is 9. The van der Waals surface area contributed by atoms with E-state index in [4.69, 9.17) is 4.42 Å². The highest BCUT2D eigenvalue weighted by molar-refractivity contribution is 7.17. The molecule has 20 nitrogen and oxygen atoms in total. The van der Waals surface area contributed by atoms with Gasteiger partial charge in [0, 0.05) is 146 Å². The average Bonchev–Trinajstić information content (AvgIpc) is 1.34. The minimum Gasteiger partial charge on any atom is -0.420 e. The van der Waals surface area contributed by atoms with E-state index in [9.17, 15) is 14.4 Å². The van der Waals surface area contributed by atoms with Crippen LogP contribution in [0.5, 0.6) is 0 Å². The quantitative estimate of drug-likeness (QED) is 0.0318. The average molecular weight is 1330 g/mol. The number of piperazine rings is 3. The highest BCUT2D eigenvalue weighted by atomic mass is 32.1. The molecule has 3 atom stereocenters. The number of fused-ring (bicyclic) bond motifs is 3. The third-order valence-electron chi connectivity index (χ3n) is 20.5. The van der Waals surface area contributed by atoms with Crippen molar-refractivity contribution < 1.29 is 18.8 Å². The van der Waals surface area contributed by atoms with Gasteiger partial charge in [0.25, 0.3) is 11.9 Å². The van der Waals surface area contributed by atoms with Crippen molar-refractivity contribution in [2.75, 3.05) is 94.7 Å². The molecule has 0 spiro atoms. The maximum atomic E-state index is 13.1. The number of H-pyrrole nitrogens is 4. The second kappa shape index (κ2) is 32.1. The monoisotopic (exact) mass is 1330 g/mol. The molecule has 3 saturated heterocycles. The van der Waals surface area contributed by atoms with Crippen LogP contribution in [0, 0.1) is 11.8 Å². The first-order valence-corrected chi connectivity index (χ1v) is 36.1. The van der Waals surface area contributed by atoms with Gasteiger partial charge in [-0.1, -0.05) is 125 Å². The van der Waals surface area contributed by atoms with Gasteiger partial charge in [0.2, 0.25) is 16.1 Å². The Hall–Kier alpha value is -7.72. The molecule has 516 valence electrons. The summed E-state index contributed by atoms with van der Waals surface area (Å²) in [6, 6.07) is 25.7. The number of carbonyl (C=O) groups excluding carboxylic acids is 3. The van der Waals surface area contributed by atoms with Crippen LogP contribution in [0.15, 0.2) is 102 Å². The first-order chi connectivity index (χ1) is 46.1. The van der Waals surface area contributed by atoms with Crippen LogP contribution in [0.25, 0.3) is 32.7 Å². The van der Waals surface area contributed by atoms with Crippen molar-refractivity contribution in [1.29, 1.82) is 0 Å². The molecule has 12 rings (SSSR count). The fraction of sp³-hybridized carbons (Fsp3) is 0.547. The van der Waals surface area contributed by atoms with Gasteiger partial charge >= 0.3 is 0 Å². The number of aromatic amines is 4. The maximum Gasteiger partial charge on any atom is 0.297 e. The van der Waals surface area contributed by atoms with Crippen LogP contribution < -0.4 is 20.0 Å². The molecule has 3 unspecified atom stereocenters. The number of ketones is 2. The SMILES string of the molecule is CCCCC(CC(=O)c1cnc(N2CCN(C)C(C)(C)C2)o1)Cc1c[nH]c2ccccc12.CCCCC(CC(=O)c1nc(N2CCN(C)C(C)(C)C2)n[nH]1)Cc1c[nH]c2ccccc12.CCCCC(Cc1c[nH]c2ccccc12)NC(=O)c1nnc(N2CCN(C)C(C)(C)C2)s1. The Morgan fingerprint density at radius 2 is 1.03 bits per heavy atom. The normalized spacial score (nSPS) is 17.6. The smallest absolute Gasteiger partial charge is 0.297 e. The minimum absolute atomic E-state index is 0.0431. The van der Waals surface area contributed by atoms with E-state index in [1.165, 1.54) is 44.2 Å². The van der Waals surface area contributed by atoms with Gasteiger partial charge in [-0.05, 0) is 148 Å². The maximum absolute atomic E-state index is 13.1. The summed E-state index contributed by atoms with van der Waals surface area (Å²) in [7, 11) is 6.45. The molecule has 21 heteroatoms. The number of oxazole rings is 1. The number of likely N-dealkylation sites (N-methyl/N-ethyl adjacent to an activating group) is 3. The molecule has 3 fully saturated rings. The number of rotatable bonds is 26. The fourth-order valence-electron chi connectivity index (χ4n) is 13.7. The molecule has 6 aromatic heterocycles. The predicted octanol–water partition coefficient (Wildman–Crippen LogP) is 13.8. The van der Waals surface area contributed by atoms with Gasteiger partial charge in [0.1, 0.15) is 0 Å². The van der Waals surface area contributed by atoms with E-state index in [1.54, 1.807) is 6.20 Å². The summed E-state index contributed by atoms with van der Waals surface area (Å²) < 4.78 is 5.96. The molecule has 0 aliphatic carbocycles. The zero-order chi connectivity index (χ0) is 68.2. The van der Waals surface area contributed by atoms with E-state index in [2.05, 4.69) is 237 Å². The molecule has 3 aliphatic rings. The highest BCUT2D eigenvalue weighted by Crippen LogP contribution is 2.32. The molecular weight excluding hydrogens is 1220 g/mol. The molecule has 5 N–H and O–H groups in total. The number of nitrogens with one attached hydrogen (secondary N) is 5. The van der Waals surface area contributed by atoms with E-state index in [0.717, 1.165) is 158 Å². The van der Waals surface area contributed by atoms with Crippen molar-refractivity contribution in [3.05, 3.63) is 131 Å². The lowest BCUT2D eigenvalue weighted by Gasteiger charge is -2.45. The van der Waals surface area contributed by atoms with Gasteiger partial charge in [-0.2, -0.15) is 4.98 Å². The Kier molecular flexibility index (Phi) is 23.8. The lowest BCUT2D eigenvalue weighted by molar-refractivity contribution is 0.0923. The van der Waals surface area contributed by atoms with Gasteiger partial charge in [0.15, 0.2) is 23.2 Å². The molecule has 9 aromatic rings. The van der Waals surface area contributed by atoms with Crippen molar-refractivity contribution in [3.8, 4) is 0 Å². The number of Topliss-reactive ketones (excluding diaryl/α,β-unsaturated/α-hetero) is 2. The molecule has 9 heterocycles. The summed E-state index contributed by atoms with van der Waals surface area (Å²) >= 11 is 1.39. The third kappa shape index (κ3) is 17.9. The summed E-state index contributed by atoms with van der Waals surface area (Å²) in [4.78, 5) is 72.0. The van der Waals surface area contributed by atoms with Crippen molar-refractivity contribution in [2.45, 2.75) is 175 Å². The summed E-state index contributed by atoms with van der Waals surface area (Å²) in [5.41, 5.74) is 7.40. The number of hydrogen-bond acceptors (Lipinski definition) is 16. The molecule has 0 radical (unpaired) electrons. The van der Waals surface area contributed by atoms with Gasteiger partial charge in [-0.3, -0.25) is 34.2 Å². The Balaban J connectivity index is 0.000000157. The number of nitrogens with zero attached hydrogens (tertiary/aromatic N) is 11. The minimum atomic E-state index is -0.122. The van der Waals surface area contributed by atoms with Gasteiger partial charge in [-0.25, -0.2) is 4.98 Å². The second-order valence-electron chi connectivity index (χ2n) is 29.1.